The van der Waals surface area contributed by atoms with Crippen LogP contribution < -0.4 is 0 Å². The van der Waals surface area contributed by atoms with Gasteiger partial charge in [0, 0.05) is 24.1 Å². The van der Waals surface area contributed by atoms with Gasteiger partial charge in [0.15, 0.2) is 0 Å². The van der Waals surface area contributed by atoms with Crippen molar-refractivity contribution < 1.29 is 29.1 Å². The molecule has 0 aliphatic carbocycles. The van der Waals surface area contributed by atoms with E-state index in [2.05, 4.69) is 0 Å². The Bertz CT molecular complexity index is 470. The number of hydrogen-bond donors (Lipinski definition) is 0. The fraction of sp³-hybridized carbons (Fsp3) is 0.765. The van der Waals surface area contributed by atoms with Gasteiger partial charge in [0.25, 0.3) is 11.8 Å². The van der Waals surface area contributed by atoms with Gasteiger partial charge in [-0.05, 0) is 55.4 Å². The van der Waals surface area contributed by atoms with Gasteiger partial charge in [-0.25, -0.2) is 19.6 Å². The van der Waals surface area contributed by atoms with Crippen LogP contribution in [-0.4, -0.2) is 40.8 Å². The van der Waals surface area contributed by atoms with Crippen molar-refractivity contribution in [2.24, 2.45) is 0 Å². The summed E-state index contributed by atoms with van der Waals surface area (Å²) in [5, 5.41) is 0. The van der Waals surface area contributed by atoms with Gasteiger partial charge in [-0.2, -0.15) is 0 Å². The van der Waals surface area contributed by atoms with E-state index in [9.17, 15) is 9.59 Å². The van der Waals surface area contributed by atoms with Gasteiger partial charge in [0.2, 0.25) is 6.29 Å². The average Bonchev–Trinajstić information content (AvgIpc) is 2.61. The number of amides is 2. The van der Waals surface area contributed by atoms with E-state index in [1.165, 1.54) is 4.90 Å². The third-order valence-electron chi connectivity index (χ3n) is 3.09. The molecule has 0 saturated heterocycles. The highest BCUT2D eigenvalue weighted by Crippen LogP contribution is 2.21. The summed E-state index contributed by atoms with van der Waals surface area (Å²) in [7, 11) is 0. The molecule has 0 bridgehead atoms. The molecule has 0 aromatic carbocycles. The van der Waals surface area contributed by atoms with Crippen LogP contribution in [0.15, 0.2) is 11.1 Å². The van der Waals surface area contributed by atoms with E-state index in [-0.39, 0.29) is 24.8 Å². The Labute approximate surface area is 143 Å². The van der Waals surface area contributed by atoms with E-state index in [1.807, 2.05) is 41.5 Å². The number of carbonyl (C=O) groups is 2. The molecule has 24 heavy (non-hydrogen) atoms. The molecule has 0 radical (unpaired) electrons. The monoisotopic (exact) mass is 343 g/mol. The minimum absolute atomic E-state index is 0.151. The molecular formula is C17H29NO6. The van der Waals surface area contributed by atoms with Crippen LogP contribution >= 0.6 is 0 Å². The summed E-state index contributed by atoms with van der Waals surface area (Å²) in [6.45, 7) is 14.4. The van der Waals surface area contributed by atoms with Gasteiger partial charge in [-0.3, -0.25) is 14.5 Å². The fourth-order valence-electron chi connectivity index (χ4n) is 1.76. The van der Waals surface area contributed by atoms with Crippen LogP contribution in [0.2, 0.25) is 0 Å². The summed E-state index contributed by atoms with van der Waals surface area (Å²) in [6.07, 6.45) is -0.644. The lowest BCUT2D eigenvalue weighted by atomic mass is 10.2. The van der Waals surface area contributed by atoms with Crippen molar-refractivity contribution >= 4 is 11.8 Å². The van der Waals surface area contributed by atoms with Crippen LogP contribution in [-0.2, 0) is 29.1 Å². The Morgan fingerprint density at radius 2 is 1.21 bits per heavy atom. The first-order valence-electron chi connectivity index (χ1n) is 8.04. The maximum atomic E-state index is 12.1. The van der Waals surface area contributed by atoms with Crippen molar-refractivity contribution in [3.05, 3.63) is 11.1 Å². The molecule has 1 rings (SSSR count). The molecule has 0 aromatic heterocycles. The molecule has 7 nitrogen and oxygen atoms in total. The Balaban J connectivity index is 2.64. The van der Waals surface area contributed by atoms with Crippen LogP contribution in [0, 0.1) is 0 Å². The summed E-state index contributed by atoms with van der Waals surface area (Å²) in [5.74, 6) is -0.575. The van der Waals surface area contributed by atoms with E-state index >= 15 is 0 Å². The molecule has 138 valence electrons. The second-order valence-corrected chi connectivity index (χ2v) is 7.81. The maximum Gasteiger partial charge on any atom is 0.256 e. The second kappa shape index (κ2) is 7.74. The Kier molecular flexibility index (Phi) is 6.69. The zero-order valence-electron chi connectivity index (χ0n) is 15.9. The van der Waals surface area contributed by atoms with Crippen LogP contribution in [0.5, 0.6) is 0 Å². The van der Waals surface area contributed by atoms with E-state index in [1.54, 1.807) is 13.8 Å². The summed E-state index contributed by atoms with van der Waals surface area (Å²) in [4.78, 5) is 46.4. The predicted molar refractivity (Wildman–Crippen MR) is 87.3 cm³/mol. The number of imide groups is 1. The zero-order valence-corrected chi connectivity index (χ0v) is 15.9. The molecule has 0 N–H and O–H groups in total. The zero-order chi connectivity index (χ0) is 18.7. The predicted octanol–water partition coefficient (Wildman–Crippen LogP) is 2.90. The Morgan fingerprint density at radius 1 is 0.833 bits per heavy atom. The highest BCUT2D eigenvalue weighted by molar-refractivity contribution is 6.18. The summed E-state index contributed by atoms with van der Waals surface area (Å²) in [5.41, 5.74) is -0.125. The lowest BCUT2D eigenvalue weighted by Crippen LogP contribution is -2.36. The van der Waals surface area contributed by atoms with Gasteiger partial charge in [-0.15, -0.1) is 0 Å². The molecule has 1 heterocycles. The molecule has 1 aliphatic rings. The third-order valence-corrected chi connectivity index (χ3v) is 3.09. The molecule has 0 aromatic rings. The lowest BCUT2D eigenvalue weighted by molar-refractivity contribution is -0.497. The van der Waals surface area contributed by atoms with Crippen molar-refractivity contribution in [1.29, 1.82) is 0 Å². The largest absolute Gasteiger partial charge is 0.275 e. The van der Waals surface area contributed by atoms with E-state index in [4.69, 9.17) is 19.6 Å². The van der Waals surface area contributed by atoms with Crippen molar-refractivity contribution in [3.8, 4) is 0 Å². The molecular weight excluding hydrogens is 314 g/mol. The summed E-state index contributed by atoms with van der Waals surface area (Å²) < 4.78 is 0. The first-order chi connectivity index (χ1) is 10.8. The molecule has 0 spiro atoms. The van der Waals surface area contributed by atoms with Gasteiger partial charge in [0.05, 0.1) is 11.2 Å². The van der Waals surface area contributed by atoms with Crippen molar-refractivity contribution in [3.63, 3.8) is 0 Å². The Morgan fingerprint density at radius 3 is 1.54 bits per heavy atom. The topological polar surface area (TPSA) is 74.3 Å². The molecule has 1 aliphatic heterocycles. The molecule has 2 amide bonds. The van der Waals surface area contributed by atoms with Crippen LogP contribution in [0.25, 0.3) is 0 Å². The number of nitrogens with zero attached hydrogens (tertiary/aromatic N) is 1. The first-order valence-corrected chi connectivity index (χ1v) is 8.04. The first kappa shape index (κ1) is 20.8. The van der Waals surface area contributed by atoms with Crippen LogP contribution in [0.3, 0.4) is 0 Å². The minimum Gasteiger partial charge on any atom is -0.275 e. The van der Waals surface area contributed by atoms with Crippen LogP contribution in [0.4, 0.5) is 0 Å². The standard InChI is InChI=1S/C17H29NO6/c1-11-12(2)15(20)18(14(11)19)10-9-13(21-23-16(3,4)5)22-24-17(6,7)8/h13H,9-10H2,1-8H3. The smallest absolute Gasteiger partial charge is 0.256 e. The quantitative estimate of drug-likeness (QED) is 0.306. The maximum absolute atomic E-state index is 12.1. The summed E-state index contributed by atoms with van der Waals surface area (Å²) >= 11 is 0. The van der Waals surface area contributed by atoms with Gasteiger partial charge < -0.3 is 0 Å². The molecule has 0 unspecified atom stereocenters. The molecule has 0 saturated carbocycles. The van der Waals surface area contributed by atoms with Gasteiger partial charge in [-0.1, -0.05) is 0 Å². The highest BCUT2D eigenvalue weighted by atomic mass is 17.3. The van der Waals surface area contributed by atoms with Gasteiger partial charge >= 0.3 is 0 Å². The van der Waals surface area contributed by atoms with E-state index in [0.717, 1.165) is 0 Å². The average molecular weight is 343 g/mol. The highest BCUT2D eigenvalue weighted by Gasteiger charge is 2.34. The number of carbonyl (C=O) groups excluding carboxylic acids is 2. The number of hydrogen-bond acceptors (Lipinski definition) is 6. The van der Waals surface area contributed by atoms with Crippen molar-refractivity contribution in [2.75, 3.05) is 6.54 Å². The third kappa shape index (κ3) is 6.32. The molecule has 0 atom stereocenters. The van der Waals surface area contributed by atoms with Crippen molar-refractivity contribution in [1.82, 2.24) is 4.90 Å². The second-order valence-electron chi connectivity index (χ2n) is 7.81. The molecule has 7 heteroatoms. The van der Waals surface area contributed by atoms with E-state index < -0.39 is 17.5 Å². The fourth-order valence-corrected chi connectivity index (χ4v) is 1.76. The normalized spacial score (nSPS) is 16.8. The lowest BCUT2D eigenvalue weighted by Gasteiger charge is -2.26. The van der Waals surface area contributed by atoms with Crippen LogP contribution in [0.1, 0.15) is 61.8 Å². The van der Waals surface area contributed by atoms with Crippen molar-refractivity contribution in [2.45, 2.75) is 79.3 Å². The van der Waals surface area contributed by atoms with E-state index in [0.29, 0.717) is 11.1 Å². The molecule has 0 fully saturated rings. The minimum atomic E-state index is -0.870. The SMILES string of the molecule is CC1=C(C)C(=O)N(CCC(OOC(C)(C)C)OOC(C)(C)C)C1=O. The Hall–Kier alpha value is -1.28. The van der Waals surface area contributed by atoms with Gasteiger partial charge in [0.1, 0.15) is 0 Å². The number of rotatable bonds is 7. The summed E-state index contributed by atoms with van der Waals surface area (Å²) in [6, 6.07) is 0.